The largest absolute Gasteiger partial charge is 0.342 e. The maximum Gasteiger partial charge on any atom is 0.216 e. The Morgan fingerprint density at radius 1 is 1.13 bits per heavy atom. The van der Waals surface area contributed by atoms with E-state index in [0.717, 1.165) is 12.1 Å². The van der Waals surface area contributed by atoms with Crippen LogP contribution >= 0.6 is 12.6 Å². The van der Waals surface area contributed by atoms with Crippen LogP contribution in [-0.2, 0) is 6.54 Å². The highest BCUT2D eigenvalue weighted by molar-refractivity contribution is 7.97. The fourth-order valence-electron chi connectivity index (χ4n) is 3.81. The number of rotatable bonds is 4. The van der Waals surface area contributed by atoms with Gasteiger partial charge >= 0.3 is 0 Å². The minimum Gasteiger partial charge on any atom is -0.342 e. The van der Waals surface area contributed by atoms with Gasteiger partial charge in [-0.15, -0.1) is 12.6 Å². The van der Waals surface area contributed by atoms with Crippen molar-refractivity contribution in [2.24, 2.45) is 0 Å². The Kier molecular flexibility index (Phi) is 5.25. The van der Waals surface area contributed by atoms with Gasteiger partial charge in [-0.3, -0.25) is 4.79 Å². The van der Waals surface area contributed by atoms with Gasteiger partial charge < -0.3 is 4.23 Å². The van der Waals surface area contributed by atoms with Gasteiger partial charge in [0.05, 0.1) is 8.07 Å². The summed E-state index contributed by atoms with van der Waals surface area (Å²) in [6, 6.07) is 9.33. The summed E-state index contributed by atoms with van der Waals surface area (Å²) in [5.74, 6) is 0. The van der Waals surface area contributed by atoms with Crippen LogP contribution < -0.4 is 5.19 Å². The fourth-order valence-corrected chi connectivity index (χ4v) is 19.6. The van der Waals surface area contributed by atoms with Crippen LogP contribution in [0.25, 0.3) is 0 Å². The van der Waals surface area contributed by atoms with Gasteiger partial charge in [0.15, 0.2) is 0 Å². The molecule has 0 bridgehead atoms. The van der Waals surface area contributed by atoms with Crippen LogP contribution in [0.1, 0.15) is 15.9 Å². The summed E-state index contributed by atoms with van der Waals surface area (Å²) in [6.45, 7) is 18.0. The maximum atomic E-state index is 11.9. The molecule has 128 valence electrons. The van der Waals surface area contributed by atoms with Gasteiger partial charge in [0.1, 0.15) is 16.5 Å². The Hall–Kier alpha value is -0.149. The Morgan fingerprint density at radius 3 is 2.09 bits per heavy atom. The lowest BCUT2D eigenvalue weighted by Crippen LogP contribution is -2.54. The van der Waals surface area contributed by atoms with Crippen LogP contribution in [0.5, 0.6) is 0 Å². The van der Waals surface area contributed by atoms with Crippen molar-refractivity contribution in [3.05, 3.63) is 29.3 Å². The molecule has 1 aliphatic heterocycles. The van der Waals surface area contributed by atoms with Crippen LogP contribution in [0.2, 0.25) is 57.9 Å². The molecule has 1 aliphatic rings. The molecule has 1 aromatic carbocycles. The van der Waals surface area contributed by atoms with E-state index >= 15 is 0 Å². The van der Waals surface area contributed by atoms with E-state index in [9.17, 15) is 4.79 Å². The summed E-state index contributed by atoms with van der Waals surface area (Å²) >= 11 is 4.08. The van der Waals surface area contributed by atoms with Gasteiger partial charge in [-0.2, -0.15) is 0 Å². The normalized spacial score (nSPS) is 20.7. The van der Waals surface area contributed by atoms with Crippen LogP contribution in [0.4, 0.5) is 0 Å². The lowest BCUT2D eigenvalue weighted by atomic mass is 10.1. The predicted octanol–water partition coefficient (Wildman–Crippen LogP) is 4.53. The zero-order chi connectivity index (χ0) is 17.6. The summed E-state index contributed by atoms with van der Waals surface area (Å²) in [7, 11) is -4.09. The van der Waals surface area contributed by atoms with Gasteiger partial charge in [-0.25, -0.2) is 0 Å². The Morgan fingerprint density at radius 2 is 1.65 bits per heavy atom. The van der Waals surface area contributed by atoms with E-state index in [1.54, 1.807) is 0 Å². The van der Waals surface area contributed by atoms with Crippen LogP contribution in [0, 0.1) is 0 Å². The molecule has 0 N–H and O–H groups in total. The van der Waals surface area contributed by atoms with Crippen molar-refractivity contribution in [3.63, 3.8) is 0 Å². The van der Waals surface area contributed by atoms with Gasteiger partial charge in [0.2, 0.25) is 5.12 Å². The molecule has 0 radical (unpaired) electrons. The zero-order valence-electron chi connectivity index (χ0n) is 15.7. The molecule has 23 heavy (non-hydrogen) atoms. The summed E-state index contributed by atoms with van der Waals surface area (Å²) in [5.41, 5.74) is 2.19. The molecule has 1 heterocycles. The SMILES string of the molecule is C[Si](C)(C)c1cc(CN2[Si](C)(C)CC[Si]2(C)C)ccc1C(=O)S. The van der Waals surface area contributed by atoms with E-state index in [1.165, 1.54) is 22.8 Å². The van der Waals surface area contributed by atoms with Crippen LogP contribution in [0.15, 0.2) is 18.2 Å². The minimum absolute atomic E-state index is 0.0976. The van der Waals surface area contributed by atoms with Crippen molar-refractivity contribution < 1.29 is 4.79 Å². The highest BCUT2D eigenvalue weighted by atomic mass is 32.1. The molecule has 0 spiro atoms. The zero-order valence-corrected chi connectivity index (χ0v) is 19.6. The highest BCUT2D eigenvalue weighted by Gasteiger charge is 2.46. The van der Waals surface area contributed by atoms with E-state index in [4.69, 9.17) is 0 Å². The molecule has 2 nitrogen and oxygen atoms in total. The highest BCUT2D eigenvalue weighted by Crippen LogP contribution is 2.38. The molecule has 1 fully saturated rings. The second-order valence-electron chi connectivity index (χ2n) is 9.15. The lowest BCUT2D eigenvalue weighted by Gasteiger charge is -2.39. The smallest absolute Gasteiger partial charge is 0.216 e. The molecule has 2 rings (SSSR count). The van der Waals surface area contributed by atoms with Crippen molar-refractivity contribution in [1.29, 1.82) is 0 Å². The van der Waals surface area contributed by atoms with Crippen molar-refractivity contribution >= 4 is 47.5 Å². The number of carbonyl (C=O) groups is 1. The van der Waals surface area contributed by atoms with E-state index in [0.29, 0.717) is 0 Å². The van der Waals surface area contributed by atoms with Crippen molar-refractivity contribution in [1.82, 2.24) is 4.23 Å². The minimum atomic E-state index is -1.56. The molecule has 6 heteroatoms. The Bertz CT molecular complexity index is 607. The van der Waals surface area contributed by atoms with Gasteiger partial charge in [0.25, 0.3) is 0 Å². The Balaban J connectivity index is 2.40. The lowest BCUT2D eigenvalue weighted by molar-refractivity contribution is 0.109. The number of benzene rings is 1. The molecule has 0 amide bonds. The molecule has 0 unspecified atom stereocenters. The number of hydrogen-bond donors (Lipinski definition) is 1. The second-order valence-corrected chi connectivity index (χ2v) is 24.4. The third kappa shape index (κ3) is 4.10. The standard InChI is InChI=1S/C17H31NOSSi3/c1-21(2,3)16-12-14(8-9-15(16)17(19)20)13-18-22(4,5)10-11-23(18,6)7/h8-9,12H,10-11,13H2,1-7H3,(H,19,20). The first-order valence-corrected chi connectivity index (χ1v) is 18.7. The average Bonchev–Trinajstić information content (AvgIpc) is 2.60. The molecular weight excluding hydrogens is 351 g/mol. The second kappa shape index (κ2) is 6.29. The average molecular weight is 382 g/mol. The van der Waals surface area contributed by atoms with Crippen LogP contribution in [-0.4, -0.2) is 33.9 Å². The summed E-state index contributed by atoms with van der Waals surface area (Å²) < 4.78 is 2.89. The monoisotopic (exact) mass is 381 g/mol. The molecule has 0 atom stereocenters. The van der Waals surface area contributed by atoms with Gasteiger partial charge in [-0.1, -0.05) is 64.0 Å². The summed E-state index contributed by atoms with van der Waals surface area (Å²) in [6.07, 6.45) is 0. The Labute approximate surface area is 150 Å². The van der Waals surface area contributed by atoms with E-state index in [-0.39, 0.29) is 5.12 Å². The quantitative estimate of drug-likeness (QED) is 0.611. The first-order chi connectivity index (χ1) is 10.3. The molecule has 0 aromatic heterocycles. The van der Waals surface area contributed by atoms with E-state index in [2.05, 4.69) is 74.8 Å². The third-order valence-corrected chi connectivity index (χ3v) is 17.9. The van der Waals surface area contributed by atoms with Crippen molar-refractivity contribution in [3.8, 4) is 0 Å². The van der Waals surface area contributed by atoms with Crippen LogP contribution in [0.3, 0.4) is 0 Å². The molecule has 0 aliphatic carbocycles. The van der Waals surface area contributed by atoms with Crippen molar-refractivity contribution in [2.75, 3.05) is 0 Å². The van der Waals surface area contributed by atoms with E-state index < -0.39 is 24.5 Å². The summed E-state index contributed by atoms with van der Waals surface area (Å²) in [4.78, 5) is 11.9. The summed E-state index contributed by atoms with van der Waals surface area (Å²) in [5, 5.41) is 1.16. The fraction of sp³-hybridized carbons (Fsp3) is 0.588. The van der Waals surface area contributed by atoms with Gasteiger partial charge in [0, 0.05) is 12.1 Å². The third-order valence-electron chi connectivity index (χ3n) is 5.27. The van der Waals surface area contributed by atoms with E-state index in [1.807, 2.05) is 6.07 Å². The first kappa shape index (κ1) is 19.2. The number of nitrogens with zero attached hydrogens (tertiary/aromatic N) is 1. The molecular formula is C17H31NOSSi3. The molecule has 0 saturated carbocycles. The van der Waals surface area contributed by atoms with Crippen molar-refractivity contribution in [2.45, 2.75) is 64.5 Å². The van der Waals surface area contributed by atoms with Gasteiger partial charge in [-0.05, 0) is 22.8 Å². The number of hydrogen-bond acceptors (Lipinski definition) is 2. The topological polar surface area (TPSA) is 20.3 Å². The molecule has 1 aromatic rings. The number of carbonyl (C=O) groups excluding carboxylic acids is 1. The first-order valence-electron chi connectivity index (χ1n) is 8.49. The maximum absolute atomic E-state index is 11.9. The predicted molar refractivity (Wildman–Crippen MR) is 113 cm³/mol. The number of thiol groups is 1. The molecule has 1 saturated heterocycles.